The van der Waals surface area contributed by atoms with Crippen molar-refractivity contribution in [2.45, 2.75) is 142 Å². The molecule has 301 valence electrons. The van der Waals surface area contributed by atoms with E-state index in [-0.39, 0.29) is 54.0 Å². The first-order valence-corrected chi connectivity index (χ1v) is 22.2. The van der Waals surface area contributed by atoms with E-state index < -0.39 is 0 Å². The van der Waals surface area contributed by atoms with Crippen molar-refractivity contribution in [2.75, 3.05) is 0 Å². The van der Waals surface area contributed by atoms with Gasteiger partial charge < -0.3 is 5.11 Å². The summed E-state index contributed by atoms with van der Waals surface area (Å²) < 4.78 is 2.83. The third kappa shape index (κ3) is 8.28. The van der Waals surface area contributed by atoms with Gasteiger partial charge in [-0.15, -0.1) is 40.5 Å². The average Bonchev–Trinajstić information content (AvgIpc) is 3.55. The number of aliphatic hydroxyl groups excluding tert-OH is 1. The van der Waals surface area contributed by atoms with Gasteiger partial charge in [-0.1, -0.05) is 134 Å². The summed E-state index contributed by atoms with van der Waals surface area (Å²) in [5, 5.41) is 17.6. The van der Waals surface area contributed by atoms with Crippen molar-refractivity contribution in [3.05, 3.63) is 101 Å². The van der Waals surface area contributed by atoms with Gasteiger partial charge in [0, 0.05) is 70.1 Å². The Morgan fingerprint density at radius 3 is 2.16 bits per heavy atom. The molecule has 4 aromatic carbocycles. The molecule has 1 N–H and O–H groups in total. The first-order chi connectivity index (χ1) is 26.7. The zero-order valence-corrected chi connectivity index (χ0v) is 38.3. The molecule has 3 aliphatic carbocycles. The molecule has 1 radical (unpaired) electrons. The van der Waals surface area contributed by atoms with Crippen molar-refractivity contribution in [1.29, 1.82) is 0 Å². The molecule has 2 saturated carbocycles. The topological polar surface area (TPSA) is 50.2 Å². The van der Waals surface area contributed by atoms with Crippen LogP contribution in [0.2, 0.25) is 0 Å². The number of hydrogen-bond acceptors (Lipinski definition) is 4. The molecule has 2 heterocycles. The Hall–Kier alpha value is -3.37. The van der Waals surface area contributed by atoms with Gasteiger partial charge in [0.25, 0.3) is 0 Å². The van der Waals surface area contributed by atoms with Crippen molar-refractivity contribution in [3.63, 3.8) is 0 Å². The van der Waals surface area contributed by atoms with Crippen LogP contribution in [0.4, 0.5) is 0 Å². The number of carbonyl (C=O) groups is 1. The minimum absolute atomic E-state index is 0. The Bertz CT molecular complexity index is 2470. The maximum absolute atomic E-state index is 12.0. The molecular weight excluding hydrogens is 895 g/mol. The molecule has 3 aliphatic rings. The molecule has 2 fully saturated rings. The van der Waals surface area contributed by atoms with E-state index in [0.29, 0.717) is 5.76 Å². The van der Waals surface area contributed by atoms with E-state index in [1.807, 2.05) is 17.5 Å². The van der Waals surface area contributed by atoms with Gasteiger partial charge in [0.05, 0.1) is 5.76 Å². The number of aliphatic hydroxyl groups is 1. The first kappa shape index (κ1) is 41.8. The predicted octanol–water partition coefficient (Wildman–Crippen LogP) is 15.0. The summed E-state index contributed by atoms with van der Waals surface area (Å²) in [5.41, 5.74) is 6.94. The Balaban J connectivity index is 0.000000232. The fraction of sp³-hybridized carbons (Fsp3) is 0.462. The number of aromatic nitrogens is 1. The van der Waals surface area contributed by atoms with Crippen LogP contribution in [-0.4, -0.2) is 15.9 Å². The Labute approximate surface area is 358 Å². The van der Waals surface area contributed by atoms with E-state index in [4.69, 9.17) is 4.98 Å². The van der Waals surface area contributed by atoms with Gasteiger partial charge in [-0.2, -0.15) is 0 Å². The number of thiophene rings is 1. The quantitative estimate of drug-likeness (QED) is 0.109. The molecular formula is C52H60IrNO2S-. The van der Waals surface area contributed by atoms with Crippen LogP contribution in [0.3, 0.4) is 0 Å². The van der Waals surface area contributed by atoms with Crippen LogP contribution < -0.4 is 0 Å². The molecule has 0 amide bonds. The summed E-state index contributed by atoms with van der Waals surface area (Å²) in [6.07, 6.45) is 17.4. The van der Waals surface area contributed by atoms with E-state index in [9.17, 15) is 9.90 Å². The summed E-state index contributed by atoms with van der Waals surface area (Å²) in [6.45, 7) is 16.6. The van der Waals surface area contributed by atoms with Crippen molar-refractivity contribution in [1.82, 2.24) is 4.98 Å². The average molecular weight is 955 g/mol. The molecule has 9 rings (SSSR count). The monoisotopic (exact) mass is 955 g/mol. The number of ketones is 1. The number of benzene rings is 4. The van der Waals surface area contributed by atoms with Crippen LogP contribution >= 0.6 is 11.3 Å². The molecule has 6 aromatic rings. The van der Waals surface area contributed by atoms with Crippen molar-refractivity contribution >= 4 is 58.8 Å². The van der Waals surface area contributed by atoms with Crippen molar-refractivity contribution in [3.8, 4) is 11.3 Å². The fourth-order valence-corrected chi connectivity index (χ4v) is 11.4. The molecule has 0 atom stereocenters. The van der Waals surface area contributed by atoms with Crippen LogP contribution in [0.5, 0.6) is 0 Å². The number of pyridine rings is 1. The molecule has 0 bridgehead atoms. The number of rotatable bonds is 4. The summed E-state index contributed by atoms with van der Waals surface area (Å²) >= 11 is 1.98. The van der Waals surface area contributed by atoms with Gasteiger partial charge in [0.2, 0.25) is 0 Å². The van der Waals surface area contributed by atoms with E-state index in [1.165, 1.54) is 98.8 Å². The smallest absolute Gasteiger partial charge is 0.162 e. The van der Waals surface area contributed by atoms with Gasteiger partial charge in [-0.25, -0.2) is 0 Å². The third-order valence-corrected chi connectivity index (χ3v) is 14.7. The molecule has 0 aliphatic heterocycles. The van der Waals surface area contributed by atoms with E-state index in [1.54, 1.807) is 11.6 Å². The van der Waals surface area contributed by atoms with Crippen LogP contribution in [-0.2, 0) is 41.1 Å². The number of allylic oxidation sites excluding steroid dienone is 2. The summed E-state index contributed by atoms with van der Waals surface area (Å²) in [7, 11) is 0. The molecule has 5 heteroatoms. The summed E-state index contributed by atoms with van der Waals surface area (Å²) in [5.74, 6) is 0.985. The van der Waals surface area contributed by atoms with Gasteiger partial charge in [0.1, 0.15) is 0 Å². The minimum atomic E-state index is 0. The van der Waals surface area contributed by atoms with Crippen molar-refractivity contribution in [2.24, 2.45) is 11.8 Å². The molecule has 0 spiro atoms. The standard InChI is InChI=1S/C37H36NS.C15H24O2.Ir/c1-35(2,3)30-19-24(18-22-10-8-9-11-25(22)30)33-27-21-28-26-12-13-29-32(37(6,7)16-15-36(29,4)5)34(26)39-31(28)20-23(27)14-17-38-33;16-14(12-7-3-1-4-8-12)11-15(17)13-9-5-2-6-10-13;/h8-14,17,19-21H,15-16H2,1-7H3;11-13,16H,1-10H2;/q-1;;/b;14-11-;. The van der Waals surface area contributed by atoms with E-state index in [2.05, 4.69) is 115 Å². The van der Waals surface area contributed by atoms with Gasteiger partial charge in [-0.05, 0) is 88.8 Å². The van der Waals surface area contributed by atoms with Crippen LogP contribution in [0, 0.1) is 17.9 Å². The number of nitrogens with zero attached hydrogens (tertiary/aromatic N) is 1. The first-order valence-electron chi connectivity index (χ1n) is 21.4. The molecule has 57 heavy (non-hydrogen) atoms. The number of hydrogen-bond donors (Lipinski definition) is 1. The van der Waals surface area contributed by atoms with Gasteiger partial charge >= 0.3 is 0 Å². The Morgan fingerprint density at radius 2 is 1.46 bits per heavy atom. The van der Waals surface area contributed by atoms with Gasteiger partial charge in [-0.3, -0.25) is 9.78 Å². The van der Waals surface area contributed by atoms with Crippen LogP contribution in [0.25, 0.3) is 53.0 Å². The van der Waals surface area contributed by atoms with Crippen LogP contribution in [0.15, 0.2) is 78.7 Å². The summed E-state index contributed by atoms with van der Waals surface area (Å²) in [4.78, 5) is 17.0. The zero-order valence-electron chi connectivity index (χ0n) is 35.1. The van der Waals surface area contributed by atoms with Crippen molar-refractivity contribution < 1.29 is 30.0 Å². The molecule has 3 nitrogen and oxygen atoms in total. The van der Waals surface area contributed by atoms with E-state index >= 15 is 0 Å². The molecule has 0 unspecified atom stereocenters. The Kier molecular flexibility index (Phi) is 12.0. The largest absolute Gasteiger partial charge is 0.512 e. The zero-order chi connectivity index (χ0) is 39.4. The van der Waals surface area contributed by atoms with Gasteiger partial charge in [0.15, 0.2) is 5.78 Å². The summed E-state index contributed by atoms with van der Waals surface area (Å²) in [6, 6.07) is 26.4. The SMILES string of the molecule is CC(C)(C)c1cc(-c2nccc3cc4sc5c6c(ccc5c4cc23)C(C)(C)CCC6(C)C)[c-]c2ccccc12.O=C(/C=C(\O)C1CCCCC1)C1CCCCC1.[Ir]. The third-order valence-electron chi connectivity index (χ3n) is 13.5. The second kappa shape index (κ2) is 16.4. The minimum Gasteiger partial charge on any atom is -0.512 e. The normalized spacial score (nSPS) is 18.9. The molecule has 0 saturated heterocycles. The maximum Gasteiger partial charge on any atom is 0.162 e. The number of carbonyl (C=O) groups excluding carboxylic acids is 1. The fourth-order valence-electron chi connectivity index (χ4n) is 9.99. The number of fused-ring (bicyclic) bond motifs is 7. The maximum atomic E-state index is 12.0. The Morgan fingerprint density at radius 1 is 0.789 bits per heavy atom. The predicted molar refractivity (Wildman–Crippen MR) is 239 cm³/mol. The van der Waals surface area contributed by atoms with E-state index in [0.717, 1.165) is 42.3 Å². The second-order valence-corrected chi connectivity index (χ2v) is 20.5. The second-order valence-electron chi connectivity index (χ2n) is 19.5. The molecule has 2 aromatic heterocycles. The van der Waals surface area contributed by atoms with Crippen LogP contribution in [0.1, 0.15) is 142 Å².